The summed E-state index contributed by atoms with van der Waals surface area (Å²) in [4.78, 5) is 18.2. The second-order valence-electron chi connectivity index (χ2n) is 5.97. The number of hydrogen-bond acceptors (Lipinski definition) is 5. The zero-order valence-electron chi connectivity index (χ0n) is 13.4. The molecule has 1 atom stereocenters. The van der Waals surface area contributed by atoms with Crippen molar-refractivity contribution in [2.24, 2.45) is 0 Å². The first kappa shape index (κ1) is 17.6. The normalized spacial score (nSPS) is 22.8. The topological polar surface area (TPSA) is 79.8 Å². The van der Waals surface area contributed by atoms with E-state index in [4.69, 9.17) is 16.3 Å². The molecule has 1 aromatic heterocycles. The van der Waals surface area contributed by atoms with Crippen LogP contribution >= 0.6 is 11.6 Å². The average Bonchev–Trinajstić information content (AvgIpc) is 3.11. The fraction of sp³-hybridized carbons (Fsp3) is 0.600. The number of piperazine rings is 1. The summed E-state index contributed by atoms with van der Waals surface area (Å²) in [6, 6.07) is 1.42. The third kappa shape index (κ3) is 3.42. The van der Waals surface area contributed by atoms with Crippen LogP contribution in [0.25, 0.3) is 0 Å². The minimum absolute atomic E-state index is 0.0369. The fourth-order valence-corrected chi connectivity index (χ4v) is 4.86. The highest BCUT2D eigenvalue weighted by atomic mass is 35.5. The maximum atomic E-state index is 12.8. The fourth-order valence-electron chi connectivity index (χ4n) is 3.01. The molecule has 0 bridgehead atoms. The highest BCUT2D eigenvalue weighted by Crippen LogP contribution is 2.23. The molecule has 1 amide bonds. The zero-order chi connectivity index (χ0) is 17.3. The minimum atomic E-state index is -3.67. The van der Waals surface area contributed by atoms with Crippen LogP contribution in [0.4, 0.5) is 0 Å². The first-order valence-electron chi connectivity index (χ1n) is 7.92. The van der Waals surface area contributed by atoms with E-state index < -0.39 is 10.0 Å². The number of sulfonamides is 1. The largest absolute Gasteiger partial charge is 0.368 e. The summed E-state index contributed by atoms with van der Waals surface area (Å²) in [5, 5.41) is 0.284. The number of rotatable bonds is 3. The molecule has 0 aromatic carbocycles. The number of carbonyl (C=O) groups excluding carboxylic acids is 1. The van der Waals surface area contributed by atoms with E-state index in [0.717, 1.165) is 12.8 Å². The lowest BCUT2D eigenvalue weighted by Gasteiger charge is -2.35. The molecule has 24 heavy (non-hydrogen) atoms. The van der Waals surface area contributed by atoms with Crippen molar-refractivity contribution in [3.05, 3.63) is 23.0 Å². The first-order chi connectivity index (χ1) is 11.4. The number of hydrogen-bond donors (Lipinski definition) is 0. The molecular weight excluding hydrogens is 354 g/mol. The predicted octanol–water partition coefficient (Wildman–Crippen LogP) is 1.06. The molecule has 1 unspecified atom stereocenters. The molecule has 7 nitrogen and oxygen atoms in total. The predicted molar refractivity (Wildman–Crippen MR) is 88.3 cm³/mol. The van der Waals surface area contributed by atoms with E-state index in [-0.39, 0.29) is 35.0 Å². The van der Waals surface area contributed by atoms with Gasteiger partial charge in [0.15, 0.2) is 0 Å². The maximum absolute atomic E-state index is 12.8. The molecular formula is C15H20ClN3O4S. The SMILES string of the molecule is Cc1ncc(Cl)cc1S(=O)(=O)N1CCN(C(=O)C2CCCO2)CC1. The summed E-state index contributed by atoms with van der Waals surface area (Å²) in [7, 11) is -3.67. The van der Waals surface area contributed by atoms with E-state index in [1.165, 1.54) is 16.6 Å². The Morgan fingerprint density at radius 3 is 2.67 bits per heavy atom. The van der Waals surface area contributed by atoms with Crippen LogP contribution < -0.4 is 0 Å². The Morgan fingerprint density at radius 1 is 1.33 bits per heavy atom. The van der Waals surface area contributed by atoms with Gasteiger partial charge in [0.1, 0.15) is 11.0 Å². The molecule has 2 aliphatic heterocycles. The Balaban J connectivity index is 1.69. The second-order valence-corrected chi connectivity index (χ2v) is 8.31. The van der Waals surface area contributed by atoms with Crippen molar-refractivity contribution < 1.29 is 17.9 Å². The number of nitrogens with zero attached hydrogens (tertiary/aromatic N) is 3. The Labute approximate surface area is 146 Å². The Hall–Kier alpha value is -1.22. The Morgan fingerprint density at radius 2 is 2.04 bits per heavy atom. The number of amides is 1. The lowest BCUT2D eigenvalue weighted by atomic mass is 10.2. The van der Waals surface area contributed by atoms with Gasteiger partial charge >= 0.3 is 0 Å². The van der Waals surface area contributed by atoms with E-state index in [9.17, 15) is 13.2 Å². The van der Waals surface area contributed by atoms with Crippen LogP contribution in [-0.4, -0.2) is 67.4 Å². The van der Waals surface area contributed by atoms with E-state index in [1.54, 1.807) is 11.8 Å². The van der Waals surface area contributed by atoms with Crippen LogP contribution in [0.1, 0.15) is 18.5 Å². The number of pyridine rings is 1. The van der Waals surface area contributed by atoms with Crippen LogP contribution in [0.15, 0.2) is 17.2 Å². The van der Waals surface area contributed by atoms with Crippen molar-refractivity contribution in [3.8, 4) is 0 Å². The van der Waals surface area contributed by atoms with Crippen molar-refractivity contribution in [2.75, 3.05) is 32.8 Å². The van der Waals surface area contributed by atoms with Gasteiger partial charge in [0.25, 0.3) is 5.91 Å². The van der Waals surface area contributed by atoms with Crippen LogP contribution in [0.5, 0.6) is 0 Å². The molecule has 0 radical (unpaired) electrons. The summed E-state index contributed by atoms with van der Waals surface area (Å²) in [5.74, 6) is -0.0369. The summed E-state index contributed by atoms with van der Waals surface area (Å²) < 4.78 is 32.4. The van der Waals surface area contributed by atoms with E-state index >= 15 is 0 Å². The van der Waals surface area contributed by atoms with Gasteiger partial charge in [-0.05, 0) is 25.8 Å². The summed E-state index contributed by atoms with van der Waals surface area (Å²) in [6.45, 7) is 3.50. The standard InChI is InChI=1S/C15H20ClN3O4S/c1-11-14(9-12(16)10-17-11)24(21,22)19-6-4-18(5-7-19)15(20)13-3-2-8-23-13/h9-10,13H,2-8H2,1H3. The third-order valence-corrected chi connectivity index (χ3v) is 6.60. The van der Waals surface area contributed by atoms with Crippen LogP contribution in [-0.2, 0) is 19.6 Å². The maximum Gasteiger partial charge on any atom is 0.251 e. The number of carbonyl (C=O) groups is 1. The van der Waals surface area contributed by atoms with Crippen molar-refractivity contribution in [1.82, 2.24) is 14.2 Å². The number of halogens is 1. The molecule has 3 rings (SSSR count). The van der Waals surface area contributed by atoms with Gasteiger partial charge in [0.05, 0.1) is 10.7 Å². The Bertz CT molecular complexity index is 726. The molecule has 2 fully saturated rings. The quantitative estimate of drug-likeness (QED) is 0.791. The van der Waals surface area contributed by atoms with Crippen LogP contribution in [0, 0.1) is 6.92 Å². The summed E-state index contributed by atoms with van der Waals surface area (Å²) in [6.07, 6.45) is 2.69. The van der Waals surface area contributed by atoms with E-state index in [0.29, 0.717) is 25.4 Å². The summed E-state index contributed by atoms with van der Waals surface area (Å²) in [5.41, 5.74) is 0.414. The lowest BCUT2D eigenvalue weighted by molar-refractivity contribution is -0.142. The molecule has 2 saturated heterocycles. The molecule has 3 heterocycles. The van der Waals surface area contributed by atoms with Gasteiger partial charge in [-0.1, -0.05) is 11.6 Å². The number of aryl methyl sites for hydroxylation is 1. The van der Waals surface area contributed by atoms with Gasteiger partial charge in [0.2, 0.25) is 10.0 Å². The zero-order valence-corrected chi connectivity index (χ0v) is 15.0. The lowest BCUT2D eigenvalue weighted by Crippen LogP contribution is -2.52. The van der Waals surface area contributed by atoms with Crippen LogP contribution in [0.3, 0.4) is 0 Å². The molecule has 132 valence electrons. The van der Waals surface area contributed by atoms with Gasteiger partial charge in [-0.3, -0.25) is 9.78 Å². The number of aromatic nitrogens is 1. The molecule has 1 aromatic rings. The highest BCUT2D eigenvalue weighted by molar-refractivity contribution is 7.89. The van der Waals surface area contributed by atoms with Gasteiger partial charge in [-0.25, -0.2) is 8.42 Å². The average molecular weight is 374 g/mol. The van der Waals surface area contributed by atoms with Gasteiger partial charge in [-0.15, -0.1) is 0 Å². The third-order valence-electron chi connectivity index (χ3n) is 4.38. The molecule has 9 heteroatoms. The monoisotopic (exact) mass is 373 g/mol. The van der Waals surface area contributed by atoms with Gasteiger partial charge in [-0.2, -0.15) is 4.31 Å². The van der Waals surface area contributed by atoms with Crippen molar-refractivity contribution >= 4 is 27.5 Å². The smallest absolute Gasteiger partial charge is 0.251 e. The highest BCUT2D eigenvalue weighted by Gasteiger charge is 2.34. The second kappa shape index (κ2) is 6.95. The van der Waals surface area contributed by atoms with Gasteiger partial charge < -0.3 is 9.64 Å². The van der Waals surface area contributed by atoms with Crippen molar-refractivity contribution in [3.63, 3.8) is 0 Å². The summed E-state index contributed by atoms with van der Waals surface area (Å²) >= 11 is 5.89. The Kier molecular flexibility index (Phi) is 5.10. The van der Waals surface area contributed by atoms with E-state index in [1.807, 2.05) is 0 Å². The van der Waals surface area contributed by atoms with Gasteiger partial charge in [0, 0.05) is 39.0 Å². The molecule has 0 N–H and O–H groups in total. The first-order valence-corrected chi connectivity index (χ1v) is 9.74. The number of ether oxygens (including phenoxy) is 1. The van der Waals surface area contributed by atoms with Crippen LogP contribution in [0.2, 0.25) is 5.02 Å². The van der Waals surface area contributed by atoms with Crippen molar-refractivity contribution in [1.29, 1.82) is 0 Å². The molecule has 2 aliphatic rings. The van der Waals surface area contributed by atoms with E-state index in [2.05, 4.69) is 4.98 Å². The van der Waals surface area contributed by atoms with Crippen molar-refractivity contribution in [2.45, 2.75) is 30.8 Å². The molecule has 0 saturated carbocycles. The molecule has 0 spiro atoms. The minimum Gasteiger partial charge on any atom is -0.368 e. The molecule has 0 aliphatic carbocycles.